The third kappa shape index (κ3) is 4.84. The summed E-state index contributed by atoms with van der Waals surface area (Å²) in [5.74, 6) is 2.25. The van der Waals surface area contributed by atoms with Gasteiger partial charge in [0.1, 0.15) is 0 Å². The van der Waals surface area contributed by atoms with Gasteiger partial charge in [-0.05, 0) is 43.7 Å². The Morgan fingerprint density at radius 3 is 2.50 bits per heavy atom. The van der Waals surface area contributed by atoms with E-state index in [0.29, 0.717) is 12.0 Å². The van der Waals surface area contributed by atoms with Crippen LogP contribution < -0.4 is 11.1 Å². The monoisotopic (exact) mass is 226 g/mol. The van der Waals surface area contributed by atoms with E-state index in [0.717, 1.165) is 24.9 Å². The van der Waals surface area contributed by atoms with Crippen LogP contribution in [0.15, 0.2) is 0 Å². The van der Waals surface area contributed by atoms with Gasteiger partial charge in [0, 0.05) is 6.04 Å². The van der Waals surface area contributed by atoms with Crippen molar-refractivity contribution in [1.29, 1.82) is 0 Å². The zero-order valence-corrected chi connectivity index (χ0v) is 11.3. The minimum atomic E-state index is 0.435. The molecule has 0 heterocycles. The van der Waals surface area contributed by atoms with E-state index in [9.17, 15) is 0 Å². The predicted octanol–water partition coefficient (Wildman–Crippen LogP) is 2.78. The second-order valence-electron chi connectivity index (χ2n) is 5.94. The molecule has 1 saturated carbocycles. The fraction of sp³-hybridized carbons (Fsp3) is 1.00. The lowest BCUT2D eigenvalue weighted by Gasteiger charge is -2.23. The first kappa shape index (κ1) is 14.0. The Bertz CT molecular complexity index is 180. The molecule has 1 rings (SSSR count). The van der Waals surface area contributed by atoms with Crippen LogP contribution in [0.2, 0.25) is 0 Å². The van der Waals surface area contributed by atoms with Crippen molar-refractivity contribution in [3.8, 4) is 0 Å². The predicted molar refractivity (Wildman–Crippen MR) is 71.4 cm³/mol. The Balaban J connectivity index is 2.20. The Hall–Kier alpha value is -0.0800. The van der Waals surface area contributed by atoms with Crippen molar-refractivity contribution in [3.63, 3.8) is 0 Å². The average Bonchev–Trinajstić information content (AvgIpc) is 2.44. The van der Waals surface area contributed by atoms with Crippen molar-refractivity contribution in [3.05, 3.63) is 0 Å². The second kappa shape index (κ2) is 7.29. The maximum atomic E-state index is 6.22. The highest BCUT2D eigenvalue weighted by atomic mass is 14.9. The van der Waals surface area contributed by atoms with Gasteiger partial charge in [-0.15, -0.1) is 0 Å². The quantitative estimate of drug-likeness (QED) is 0.707. The summed E-state index contributed by atoms with van der Waals surface area (Å²) in [6, 6.07) is 0.435. The molecule has 16 heavy (non-hydrogen) atoms. The Kier molecular flexibility index (Phi) is 6.37. The summed E-state index contributed by atoms with van der Waals surface area (Å²) in [6.07, 6.45) is 6.64. The lowest BCUT2D eigenvalue weighted by atomic mass is 9.94. The zero-order valence-electron chi connectivity index (χ0n) is 11.3. The van der Waals surface area contributed by atoms with Gasteiger partial charge in [0.25, 0.3) is 0 Å². The molecule has 0 aromatic heterocycles. The Morgan fingerprint density at radius 1 is 1.12 bits per heavy atom. The summed E-state index contributed by atoms with van der Waals surface area (Å²) in [4.78, 5) is 0. The highest BCUT2D eigenvalue weighted by Gasteiger charge is 2.20. The summed E-state index contributed by atoms with van der Waals surface area (Å²) in [6.45, 7) is 9.18. The van der Waals surface area contributed by atoms with Gasteiger partial charge in [-0.1, -0.05) is 40.0 Å². The largest absolute Gasteiger partial charge is 0.327 e. The van der Waals surface area contributed by atoms with Crippen molar-refractivity contribution in [2.45, 2.75) is 58.9 Å². The molecular weight excluding hydrogens is 196 g/mol. The van der Waals surface area contributed by atoms with Crippen LogP contribution in [0.25, 0.3) is 0 Å². The molecule has 0 radical (unpaired) electrons. The molecule has 96 valence electrons. The fourth-order valence-electron chi connectivity index (χ4n) is 2.40. The van der Waals surface area contributed by atoms with Crippen LogP contribution in [0.1, 0.15) is 52.9 Å². The third-order valence-electron chi connectivity index (χ3n) is 4.23. The molecule has 0 aromatic rings. The first-order valence-electron chi connectivity index (χ1n) is 7.07. The molecule has 0 aliphatic heterocycles. The molecule has 1 fully saturated rings. The average molecular weight is 226 g/mol. The molecule has 3 N–H and O–H groups in total. The third-order valence-corrected chi connectivity index (χ3v) is 4.23. The van der Waals surface area contributed by atoms with Crippen LogP contribution in [0, 0.1) is 17.8 Å². The van der Waals surface area contributed by atoms with Crippen molar-refractivity contribution in [2.75, 3.05) is 13.1 Å². The lowest BCUT2D eigenvalue weighted by Crippen LogP contribution is -2.38. The second-order valence-corrected chi connectivity index (χ2v) is 5.94. The molecule has 0 bridgehead atoms. The van der Waals surface area contributed by atoms with E-state index >= 15 is 0 Å². The van der Waals surface area contributed by atoms with Crippen LogP contribution in [0.5, 0.6) is 0 Å². The lowest BCUT2D eigenvalue weighted by molar-refractivity contribution is 0.338. The Labute approximate surface area is 101 Å². The van der Waals surface area contributed by atoms with E-state index in [1.807, 2.05) is 0 Å². The molecule has 0 aromatic carbocycles. The van der Waals surface area contributed by atoms with Crippen LogP contribution in [-0.4, -0.2) is 19.1 Å². The SMILES string of the molecule is CC(C)C(C)CNCC1CCCCCC1N. The smallest absolute Gasteiger partial charge is 0.00792 e. The van der Waals surface area contributed by atoms with Crippen molar-refractivity contribution in [2.24, 2.45) is 23.5 Å². The molecule has 2 heteroatoms. The molecule has 1 aliphatic carbocycles. The standard InChI is InChI=1S/C14H30N2/c1-11(2)12(3)9-16-10-13-7-5-4-6-8-14(13)15/h11-14,16H,4-10,15H2,1-3H3. The summed E-state index contributed by atoms with van der Waals surface area (Å²) in [5, 5.41) is 3.61. The van der Waals surface area contributed by atoms with E-state index in [2.05, 4.69) is 26.1 Å². The number of hydrogen-bond donors (Lipinski definition) is 2. The van der Waals surface area contributed by atoms with Gasteiger partial charge >= 0.3 is 0 Å². The topological polar surface area (TPSA) is 38.0 Å². The van der Waals surface area contributed by atoms with Crippen molar-refractivity contribution < 1.29 is 0 Å². The van der Waals surface area contributed by atoms with E-state index < -0.39 is 0 Å². The van der Waals surface area contributed by atoms with Gasteiger partial charge in [0.05, 0.1) is 0 Å². The minimum Gasteiger partial charge on any atom is -0.327 e. The number of nitrogens with one attached hydrogen (secondary N) is 1. The number of nitrogens with two attached hydrogens (primary N) is 1. The van der Waals surface area contributed by atoms with Gasteiger partial charge < -0.3 is 11.1 Å². The molecule has 1 aliphatic rings. The maximum Gasteiger partial charge on any atom is 0.00792 e. The normalized spacial score (nSPS) is 29.1. The van der Waals surface area contributed by atoms with Gasteiger partial charge in [0.15, 0.2) is 0 Å². The summed E-state index contributed by atoms with van der Waals surface area (Å²) in [7, 11) is 0. The van der Waals surface area contributed by atoms with E-state index in [1.165, 1.54) is 32.1 Å². The van der Waals surface area contributed by atoms with E-state index in [-0.39, 0.29) is 0 Å². The van der Waals surface area contributed by atoms with Gasteiger partial charge in [0.2, 0.25) is 0 Å². The van der Waals surface area contributed by atoms with Gasteiger partial charge in [-0.3, -0.25) is 0 Å². The highest BCUT2D eigenvalue weighted by molar-refractivity contribution is 4.78. The molecule has 2 nitrogen and oxygen atoms in total. The van der Waals surface area contributed by atoms with Crippen LogP contribution in [-0.2, 0) is 0 Å². The summed E-state index contributed by atoms with van der Waals surface area (Å²) >= 11 is 0. The minimum absolute atomic E-state index is 0.435. The van der Waals surface area contributed by atoms with Crippen LogP contribution >= 0.6 is 0 Å². The molecule has 0 saturated heterocycles. The number of rotatable bonds is 5. The first-order valence-corrected chi connectivity index (χ1v) is 7.07. The van der Waals surface area contributed by atoms with Crippen molar-refractivity contribution >= 4 is 0 Å². The van der Waals surface area contributed by atoms with Crippen LogP contribution in [0.4, 0.5) is 0 Å². The van der Waals surface area contributed by atoms with Gasteiger partial charge in [-0.25, -0.2) is 0 Å². The highest BCUT2D eigenvalue weighted by Crippen LogP contribution is 2.21. The van der Waals surface area contributed by atoms with Gasteiger partial charge in [-0.2, -0.15) is 0 Å². The van der Waals surface area contributed by atoms with Crippen molar-refractivity contribution in [1.82, 2.24) is 5.32 Å². The first-order chi connectivity index (χ1) is 7.61. The summed E-state index contributed by atoms with van der Waals surface area (Å²) < 4.78 is 0. The van der Waals surface area contributed by atoms with E-state index in [1.54, 1.807) is 0 Å². The molecule has 0 amide bonds. The molecule has 3 unspecified atom stereocenters. The van der Waals surface area contributed by atoms with E-state index in [4.69, 9.17) is 5.73 Å². The summed E-state index contributed by atoms with van der Waals surface area (Å²) in [5.41, 5.74) is 6.22. The zero-order chi connectivity index (χ0) is 12.0. The molecule has 3 atom stereocenters. The molecular formula is C14H30N2. The number of hydrogen-bond acceptors (Lipinski definition) is 2. The maximum absolute atomic E-state index is 6.22. The Morgan fingerprint density at radius 2 is 1.81 bits per heavy atom. The van der Waals surface area contributed by atoms with Crippen LogP contribution in [0.3, 0.4) is 0 Å². The fourth-order valence-corrected chi connectivity index (χ4v) is 2.40. The molecule has 0 spiro atoms.